The van der Waals surface area contributed by atoms with Crippen LogP contribution in [0, 0.1) is 15.9 Å². The smallest absolute Gasteiger partial charge is 0.311 e. The molecule has 4 aromatic rings. The van der Waals surface area contributed by atoms with Crippen LogP contribution >= 0.6 is 15.9 Å². The van der Waals surface area contributed by atoms with Crippen molar-refractivity contribution in [1.29, 1.82) is 0 Å². The lowest BCUT2D eigenvalue weighted by Crippen LogP contribution is -2.22. The molecule has 0 unspecified atom stereocenters. The number of nitro benzene ring substituents is 1. The third-order valence-corrected chi connectivity index (χ3v) is 5.53. The molecule has 0 saturated carbocycles. The summed E-state index contributed by atoms with van der Waals surface area (Å²) in [6, 6.07) is 15.5. The number of ether oxygens (including phenoxy) is 1. The fourth-order valence-electron chi connectivity index (χ4n) is 3.32. The van der Waals surface area contributed by atoms with Gasteiger partial charge in [0.1, 0.15) is 18.2 Å². The lowest BCUT2D eigenvalue weighted by molar-refractivity contribution is -0.386. The Labute approximate surface area is 201 Å². The van der Waals surface area contributed by atoms with Gasteiger partial charge in [-0.05, 0) is 36.4 Å². The van der Waals surface area contributed by atoms with E-state index in [1.807, 2.05) is 6.92 Å². The molecule has 3 aromatic carbocycles. The van der Waals surface area contributed by atoms with Gasteiger partial charge in [-0.15, -0.1) is 0 Å². The van der Waals surface area contributed by atoms with E-state index in [9.17, 15) is 19.3 Å². The Hall–Kier alpha value is -3.92. The van der Waals surface area contributed by atoms with E-state index < -0.39 is 10.7 Å². The van der Waals surface area contributed by atoms with Gasteiger partial charge in [-0.25, -0.2) is 9.37 Å². The number of hydrogen-bond donors (Lipinski definition) is 0. The van der Waals surface area contributed by atoms with Gasteiger partial charge in [-0.3, -0.25) is 14.9 Å². The Morgan fingerprint density at radius 3 is 2.74 bits per heavy atom. The molecule has 8 nitrogen and oxygen atoms in total. The van der Waals surface area contributed by atoms with Crippen molar-refractivity contribution in [2.75, 3.05) is 0 Å². The van der Waals surface area contributed by atoms with E-state index in [1.54, 1.807) is 42.5 Å². The van der Waals surface area contributed by atoms with Gasteiger partial charge < -0.3 is 4.74 Å². The Morgan fingerprint density at radius 1 is 1.21 bits per heavy atom. The van der Waals surface area contributed by atoms with Crippen molar-refractivity contribution >= 4 is 38.7 Å². The second kappa shape index (κ2) is 9.92. The first kappa shape index (κ1) is 23.2. The molecule has 0 spiro atoms. The number of benzene rings is 3. The van der Waals surface area contributed by atoms with Crippen LogP contribution in [0.3, 0.4) is 0 Å². The third-order valence-electron chi connectivity index (χ3n) is 5.03. The maximum atomic E-state index is 13.8. The highest BCUT2D eigenvalue weighted by atomic mass is 79.9. The molecule has 1 aromatic heterocycles. The predicted molar refractivity (Wildman–Crippen MR) is 130 cm³/mol. The van der Waals surface area contributed by atoms with E-state index >= 15 is 0 Å². The first-order valence-electron chi connectivity index (χ1n) is 10.3. The standard InChI is InChI=1S/C24H18BrFN4O4/c1-2-23-28-20-9-8-17(25)12-18(20)24(31)29(23)27-13-15-7-10-22(21(11-15)30(32)33)34-14-16-5-3-4-6-19(16)26/h3-13H,2,14H2,1H3. The molecule has 34 heavy (non-hydrogen) atoms. The monoisotopic (exact) mass is 524 g/mol. The van der Waals surface area contributed by atoms with Crippen molar-refractivity contribution in [2.45, 2.75) is 20.0 Å². The Bertz CT molecular complexity index is 1490. The fraction of sp³-hybridized carbons (Fsp3) is 0.125. The van der Waals surface area contributed by atoms with E-state index in [2.05, 4.69) is 26.0 Å². The molecule has 4 rings (SSSR count). The second-order valence-corrected chi connectivity index (χ2v) is 8.18. The lowest BCUT2D eigenvalue weighted by Gasteiger charge is -2.09. The van der Waals surface area contributed by atoms with Gasteiger partial charge in [0.05, 0.1) is 22.0 Å². The summed E-state index contributed by atoms with van der Waals surface area (Å²) in [5, 5.41) is 16.2. The van der Waals surface area contributed by atoms with E-state index in [0.29, 0.717) is 28.7 Å². The molecule has 0 amide bonds. The summed E-state index contributed by atoms with van der Waals surface area (Å²) in [6.45, 7) is 1.69. The molecular weight excluding hydrogens is 507 g/mol. The zero-order valence-corrected chi connectivity index (χ0v) is 19.5. The first-order chi connectivity index (χ1) is 16.4. The SMILES string of the molecule is CCc1nc2ccc(Br)cc2c(=O)n1N=Cc1ccc(OCc2ccccc2F)c([N+](=O)[O-])c1. The minimum Gasteiger partial charge on any atom is -0.482 e. The van der Waals surface area contributed by atoms with Gasteiger partial charge in [0.2, 0.25) is 0 Å². The Morgan fingerprint density at radius 2 is 2.00 bits per heavy atom. The van der Waals surface area contributed by atoms with Crippen molar-refractivity contribution < 1.29 is 14.1 Å². The van der Waals surface area contributed by atoms with Gasteiger partial charge in [-0.1, -0.05) is 41.1 Å². The fourth-order valence-corrected chi connectivity index (χ4v) is 3.68. The summed E-state index contributed by atoms with van der Waals surface area (Å²) < 4.78 is 21.2. The van der Waals surface area contributed by atoms with E-state index in [4.69, 9.17) is 4.74 Å². The van der Waals surface area contributed by atoms with E-state index in [-0.39, 0.29) is 29.2 Å². The van der Waals surface area contributed by atoms with Crippen LogP contribution in [0.5, 0.6) is 5.75 Å². The number of aryl methyl sites for hydroxylation is 1. The second-order valence-electron chi connectivity index (χ2n) is 7.27. The minimum absolute atomic E-state index is 0.00552. The third kappa shape index (κ3) is 4.86. The van der Waals surface area contributed by atoms with Gasteiger partial charge in [0, 0.05) is 28.1 Å². The highest BCUT2D eigenvalue weighted by molar-refractivity contribution is 9.10. The Balaban J connectivity index is 1.66. The number of aromatic nitrogens is 2. The molecule has 0 aliphatic heterocycles. The highest BCUT2D eigenvalue weighted by Gasteiger charge is 2.17. The highest BCUT2D eigenvalue weighted by Crippen LogP contribution is 2.28. The van der Waals surface area contributed by atoms with Crippen molar-refractivity contribution in [3.63, 3.8) is 0 Å². The molecule has 10 heteroatoms. The van der Waals surface area contributed by atoms with Gasteiger partial charge >= 0.3 is 5.69 Å². The summed E-state index contributed by atoms with van der Waals surface area (Å²) in [6.07, 6.45) is 1.81. The van der Waals surface area contributed by atoms with Gasteiger partial charge in [0.15, 0.2) is 5.75 Å². The Kier molecular flexibility index (Phi) is 6.78. The average Bonchev–Trinajstić information content (AvgIpc) is 2.83. The summed E-state index contributed by atoms with van der Waals surface area (Å²) in [7, 11) is 0. The van der Waals surface area contributed by atoms with E-state index in [0.717, 1.165) is 4.47 Å². The van der Waals surface area contributed by atoms with Crippen LogP contribution in [0.25, 0.3) is 10.9 Å². The molecule has 0 aliphatic rings. The van der Waals surface area contributed by atoms with Crippen LogP contribution < -0.4 is 10.3 Å². The van der Waals surface area contributed by atoms with Crippen molar-refractivity contribution in [3.8, 4) is 5.75 Å². The van der Waals surface area contributed by atoms with Crippen molar-refractivity contribution in [3.05, 3.63) is 108 Å². The molecule has 0 fully saturated rings. The number of nitro groups is 1. The number of halogens is 2. The number of fused-ring (bicyclic) bond motifs is 1. The number of rotatable bonds is 7. The zero-order chi connectivity index (χ0) is 24.2. The van der Waals surface area contributed by atoms with Crippen LogP contribution in [-0.2, 0) is 13.0 Å². The molecule has 0 saturated heterocycles. The van der Waals surface area contributed by atoms with Gasteiger partial charge in [0.25, 0.3) is 5.56 Å². The summed E-state index contributed by atoms with van der Waals surface area (Å²) in [5.41, 5.74) is 0.573. The number of nitrogens with zero attached hydrogens (tertiary/aromatic N) is 4. The summed E-state index contributed by atoms with van der Waals surface area (Å²) >= 11 is 3.35. The molecule has 0 N–H and O–H groups in total. The topological polar surface area (TPSA) is 99.6 Å². The molecule has 172 valence electrons. The zero-order valence-electron chi connectivity index (χ0n) is 17.9. The average molecular weight is 525 g/mol. The van der Waals surface area contributed by atoms with Crippen LogP contribution in [-0.4, -0.2) is 20.8 Å². The number of hydrogen-bond acceptors (Lipinski definition) is 6. The largest absolute Gasteiger partial charge is 0.482 e. The molecule has 1 heterocycles. The van der Waals surface area contributed by atoms with Crippen molar-refractivity contribution in [2.24, 2.45) is 5.10 Å². The molecule has 0 aliphatic carbocycles. The molecular formula is C24H18BrFN4O4. The van der Waals surface area contributed by atoms with E-state index in [1.165, 1.54) is 29.1 Å². The van der Waals surface area contributed by atoms with Crippen LogP contribution in [0.1, 0.15) is 23.9 Å². The maximum absolute atomic E-state index is 13.8. The quantitative estimate of drug-likeness (QED) is 0.187. The normalized spacial score (nSPS) is 11.3. The minimum atomic E-state index is -0.591. The summed E-state index contributed by atoms with van der Waals surface area (Å²) in [4.78, 5) is 28.5. The lowest BCUT2D eigenvalue weighted by atomic mass is 10.2. The van der Waals surface area contributed by atoms with Crippen molar-refractivity contribution in [1.82, 2.24) is 9.66 Å². The van der Waals surface area contributed by atoms with Crippen LogP contribution in [0.4, 0.5) is 10.1 Å². The molecule has 0 bridgehead atoms. The first-order valence-corrected chi connectivity index (χ1v) is 11.1. The molecule has 0 radical (unpaired) electrons. The predicted octanol–water partition coefficient (Wildman–Crippen LogP) is 5.23. The van der Waals surface area contributed by atoms with Gasteiger partial charge in [-0.2, -0.15) is 9.78 Å². The van der Waals surface area contributed by atoms with Crippen LogP contribution in [0.15, 0.2) is 75.0 Å². The maximum Gasteiger partial charge on any atom is 0.311 e. The van der Waals surface area contributed by atoms with Crippen LogP contribution in [0.2, 0.25) is 0 Å². The molecule has 0 atom stereocenters. The summed E-state index contributed by atoms with van der Waals surface area (Å²) in [5.74, 6) is -0.00782.